The van der Waals surface area contributed by atoms with E-state index in [9.17, 15) is 4.79 Å². The Morgan fingerprint density at radius 1 is 1.10 bits per heavy atom. The highest BCUT2D eigenvalue weighted by Gasteiger charge is 2.51. The Labute approximate surface area is 180 Å². The van der Waals surface area contributed by atoms with E-state index in [4.69, 9.17) is 9.47 Å². The molecule has 1 saturated carbocycles. The molecule has 6 nitrogen and oxygen atoms in total. The molecule has 2 N–H and O–H groups in total. The van der Waals surface area contributed by atoms with Gasteiger partial charge in [-0.15, -0.1) is 0 Å². The standard InChI is InChI=1S/C25H21N3O3.H2/c1-15-2-4-19(12-20(15)17-10-16-6-9-26-23(16)27-13-17)28-24(29)25(7-8-25)18-3-5-21-22(11-18)31-14-30-21;/h2-6,9-13H,7-8,14H2,1H3,(H,26,27)(H,28,29);1H. The van der Waals surface area contributed by atoms with Crippen LogP contribution in [0.3, 0.4) is 0 Å². The number of aryl methyl sites for hydroxylation is 1. The zero-order valence-electron chi connectivity index (χ0n) is 17.1. The molecule has 6 rings (SSSR count). The van der Waals surface area contributed by atoms with Crippen LogP contribution in [0.15, 0.2) is 60.9 Å². The number of anilines is 1. The van der Waals surface area contributed by atoms with Crippen molar-refractivity contribution in [3.05, 3.63) is 72.1 Å². The number of rotatable bonds is 4. The monoisotopic (exact) mass is 413 g/mol. The highest BCUT2D eigenvalue weighted by atomic mass is 16.7. The van der Waals surface area contributed by atoms with Gasteiger partial charge in [0.1, 0.15) is 5.65 Å². The van der Waals surface area contributed by atoms with Gasteiger partial charge in [-0.3, -0.25) is 4.79 Å². The minimum atomic E-state index is -0.502. The molecule has 1 aliphatic heterocycles. The summed E-state index contributed by atoms with van der Waals surface area (Å²) in [6.07, 6.45) is 5.40. The lowest BCUT2D eigenvalue weighted by Gasteiger charge is -2.17. The molecular formula is C25H23N3O3. The number of carbonyl (C=O) groups is 1. The second kappa shape index (κ2) is 6.60. The first-order valence-corrected chi connectivity index (χ1v) is 10.4. The van der Waals surface area contributed by atoms with Crippen molar-refractivity contribution in [3.63, 3.8) is 0 Å². The normalized spacial score (nSPS) is 15.8. The van der Waals surface area contributed by atoms with Crippen LogP contribution < -0.4 is 14.8 Å². The minimum absolute atomic E-state index is 0. The molecule has 4 aromatic rings. The molecule has 1 fully saturated rings. The van der Waals surface area contributed by atoms with Gasteiger partial charge in [0.2, 0.25) is 12.7 Å². The first-order chi connectivity index (χ1) is 15.1. The third kappa shape index (κ3) is 2.94. The maximum absolute atomic E-state index is 13.3. The summed E-state index contributed by atoms with van der Waals surface area (Å²) >= 11 is 0. The van der Waals surface area contributed by atoms with Crippen LogP contribution in [0.2, 0.25) is 0 Å². The van der Waals surface area contributed by atoms with Crippen LogP contribution in [0.4, 0.5) is 5.69 Å². The molecule has 2 aromatic heterocycles. The maximum atomic E-state index is 13.3. The lowest BCUT2D eigenvalue weighted by molar-refractivity contribution is -0.118. The number of ether oxygens (including phenoxy) is 2. The Kier molecular flexibility index (Phi) is 3.84. The fourth-order valence-electron chi connectivity index (χ4n) is 4.31. The zero-order valence-corrected chi connectivity index (χ0v) is 17.1. The Morgan fingerprint density at radius 3 is 2.84 bits per heavy atom. The predicted octanol–water partition coefficient (Wildman–Crippen LogP) is 5.18. The molecular weight excluding hydrogens is 390 g/mol. The van der Waals surface area contributed by atoms with Crippen molar-refractivity contribution in [2.45, 2.75) is 25.2 Å². The number of carbonyl (C=O) groups excluding carboxylic acids is 1. The summed E-state index contributed by atoms with van der Waals surface area (Å²) in [5.74, 6) is 1.46. The average molecular weight is 413 g/mol. The van der Waals surface area contributed by atoms with E-state index in [1.54, 1.807) is 0 Å². The quantitative estimate of drug-likeness (QED) is 0.483. The van der Waals surface area contributed by atoms with Crippen molar-refractivity contribution < 1.29 is 15.7 Å². The van der Waals surface area contributed by atoms with Crippen LogP contribution in [0.5, 0.6) is 11.5 Å². The first-order valence-electron chi connectivity index (χ1n) is 10.4. The number of hydrogen-bond donors (Lipinski definition) is 2. The maximum Gasteiger partial charge on any atom is 0.235 e. The Morgan fingerprint density at radius 2 is 1.97 bits per heavy atom. The molecule has 31 heavy (non-hydrogen) atoms. The van der Waals surface area contributed by atoms with Crippen LogP contribution in [-0.4, -0.2) is 22.7 Å². The zero-order chi connectivity index (χ0) is 21.0. The molecule has 0 bridgehead atoms. The second-order valence-corrected chi connectivity index (χ2v) is 8.27. The summed E-state index contributed by atoms with van der Waals surface area (Å²) < 4.78 is 10.9. The number of aromatic nitrogens is 2. The first kappa shape index (κ1) is 18.0. The molecule has 0 unspecified atom stereocenters. The van der Waals surface area contributed by atoms with Crippen molar-refractivity contribution in [1.29, 1.82) is 0 Å². The van der Waals surface area contributed by atoms with E-state index in [1.807, 2.05) is 54.9 Å². The topological polar surface area (TPSA) is 76.2 Å². The van der Waals surface area contributed by atoms with Crippen LogP contribution in [-0.2, 0) is 10.2 Å². The second-order valence-electron chi connectivity index (χ2n) is 8.27. The number of H-pyrrole nitrogens is 1. The third-order valence-corrected chi connectivity index (χ3v) is 6.32. The van der Waals surface area contributed by atoms with Crippen LogP contribution in [0.1, 0.15) is 25.4 Å². The summed E-state index contributed by atoms with van der Waals surface area (Å²) in [7, 11) is 0. The smallest absolute Gasteiger partial charge is 0.235 e. The van der Waals surface area contributed by atoms with Crippen molar-refractivity contribution in [1.82, 2.24) is 9.97 Å². The molecule has 156 valence electrons. The summed E-state index contributed by atoms with van der Waals surface area (Å²) in [5.41, 5.74) is 5.34. The Bertz CT molecular complexity index is 1340. The molecule has 3 heterocycles. The summed E-state index contributed by atoms with van der Waals surface area (Å²) in [6.45, 7) is 2.30. The van der Waals surface area contributed by atoms with E-state index < -0.39 is 5.41 Å². The molecule has 2 aliphatic rings. The van der Waals surface area contributed by atoms with E-state index in [-0.39, 0.29) is 14.1 Å². The van der Waals surface area contributed by atoms with Gasteiger partial charge in [0.15, 0.2) is 11.5 Å². The number of pyridine rings is 1. The molecule has 6 heteroatoms. The Hall–Kier alpha value is -3.80. The van der Waals surface area contributed by atoms with Gasteiger partial charge < -0.3 is 19.8 Å². The predicted molar refractivity (Wildman–Crippen MR) is 120 cm³/mol. The van der Waals surface area contributed by atoms with Gasteiger partial charge >= 0.3 is 0 Å². The van der Waals surface area contributed by atoms with Crippen molar-refractivity contribution in [3.8, 4) is 22.6 Å². The molecule has 2 aromatic carbocycles. The van der Waals surface area contributed by atoms with Gasteiger partial charge in [0, 0.05) is 30.5 Å². The third-order valence-electron chi connectivity index (χ3n) is 6.32. The van der Waals surface area contributed by atoms with Gasteiger partial charge in [-0.1, -0.05) is 12.1 Å². The highest BCUT2D eigenvalue weighted by Crippen LogP contribution is 2.51. The summed E-state index contributed by atoms with van der Waals surface area (Å²) in [6, 6.07) is 15.9. The van der Waals surface area contributed by atoms with Gasteiger partial charge in [0.05, 0.1) is 5.41 Å². The van der Waals surface area contributed by atoms with Crippen molar-refractivity contribution >= 4 is 22.6 Å². The van der Waals surface area contributed by atoms with Gasteiger partial charge in [-0.05, 0) is 72.9 Å². The van der Waals surface area contributed by atoms with Crippen LogP contribution in [0, 0.1) is 6.92 Å². The van der Waals surface area contributed by atoms with E-state index >= 15 is 0 Å². The van der Waals surface area contributed by atoms with Gasteiger partial charge in [-0.2, -0.15) is 0 Å². The molecule has 1 aliphatic carbocycles. The summed E-state index contributed by atoms with van der Waals surface area (Å²) in [5, 5.41) is 4.20. The number of aromatic amines is 1. The average Bonchev–Trinajstić information content (AvgIpc) is 3.24. The van der Waals surface area contributed by atoms with E-state index in [1.165, 1.54) is 0 Å². The van der Waals surface area contributed by atoms with Gasteiger partial charge in [-0.25, -0.2) is 4.98 Å². The fourth-order valence-corrected chi connectivity index (χ4v) is 4.31. The number of nitrogens with one attached hydrogen (secondary N) is 2. The minimum Gasteiger partial charge on any atom is -0.454 e. The lowest BCUT2D eigenvalue weighted by Crippen LogP contribution is -2.27. The van der Waals surface area contributed by atoms with Crippen molar-refractivity contribution in [2.75, 3.05) is 12.1 Å². The molecule has 0 atom stereocenters. The molecule has 0 radical (unpaired) electrons. The number of amides is 1. The van der Waals surface area contributed by atoms with E-state index in [2.05, 4.69) is 28.3 Å². The molecule has 0 spiro atoms. The molecule has 1 amide bonds. The Balaban J connectivity index is 0.00000216. The van der Waals surface area contributed by atoms with Crippen LogP contribution >= 0.6 is 0 Å². The summed E-state index contributed by atoms with van der Waals surface area (Å²) in [4.78, 5) is 20.9. The van der Waals surface area contributed by atoms with Gasteiger partial charge in [0.25, 0.3) is 0 Å². The van der Waals surface area contributed by atoms with E-state index in [0.29, 0.717) is 5.75 Å². The molecule has 0 saturated heterocycles. The number of hydrogen-bond acceptors (Lipinski definition) is 4. The highest BCUT2D eigenvalue weighted by molar-refractivity contribution is 6.02. The SMILES string of the molecule is Cc1ccc(NC(=O)C2(c3ccc4c(c3)OCO4)CC2)cc1-c1cnc2[nH]ccc2c1.[HH]. The van der Waals surface area contributed by atoms with Crippen LogP contribution in [0.25, 0.3) is 22.2 Å². The van der Waals surface area contributed by atoms with E-state index in [0.717, 1.165) is 57.6 Å². The number of benzene rings is 2. The largest absolute Gasteiger partial charge is 0.454 e. The number of fused-ring (bicyclic) bond motifs is 2. The van der Waals surface area contributed by atoms with Crippen molar-refractivity contribution in [2.24, 2.45) is 0 Å². The number of nitrogens with zero attached hydrogens (tertiary/aromatic N) is 1. The lowest BCUT2D eigenvalue weighted by atomic mass is 9.94. The fraction of sp³-hybridized carbons (Fsp3) is 0.200.